The molecular formula is C22H32ClF2N3O3S. The van der Waals surface area contributed by atoms with Crippen LogP contribution in [0.2, 0.25) is 5.02 Å². The summed E-state index contributed by atoms with van der Waals surface area (Å²) in [4.78, 5) is 17.0. The average molecular weight is 492 g/mol. The van der Waals surface area contributed by atoms with E-state index in [1.54, 1.807) is 7.05 Å². The molecule has 1 saturated carbocycles. The number of carbonyl (C=O) groups is 1. The SMILES string of the molecule is CCCS(=O)(=O)N1CCN(C2(N(C)C(=O)c3c(F)cc(Cl)cc3F)CCCCCC2)CC1. The number of benzene rings is 1. The number of amides is 1. The molecule has 1 heterocycles. The van der Waals surface area contributed by atoms with E-state index in [0.29, 0.717) is 45.4 Å². The molecule has 1 aliphatic carbocycles. The Labute approximate surface area is 194 Å². The third kappa shape index (κ3) is 5.11. The number of piperazine rings is 1. The molecule has 10 heteroatoms. The van der Waals surface area contributed by atoms with Crippen molar-refractivity contribution in [1.82, 2.24) is 14.1 Å². The minimum atomic E-state index is -3.29. The van der Waals surface area contributed by atoms with Gasteiger partial charge >= 0.3 is 0 Å². The molecule has 6 nitrogen and oxygen atoms in total. The van der Waals surface area contributed by atoms with E-state index in [1.165, 1.54) is 9.21 Å². The lowest BCUT2D eigenvalue weighted by Crippen LogP contribution is -2.65. The van der Waals surface area contributed by atoms with Crippen LogP contribution < -0.4 is 0 Å². The van der Waals surface area contributed by atoms with Crippen LogP contribution in [0.5, 0.6) is 0 Å². The molecule has 2 fully saturated rings. The number of sulfonamides is 1. The molecule has 32 heavy (non-hydrogen) atoms. The highest BCUT2D eigenvalue weighted by atomic mass is 35.5. The largest absolute Gasteiger partial charge is 0.323 e. The van der Waals surface area contributed by atoms with Gasteiger partial charge in [0.15, 0.2) is 0 Å². The maximum atomic E-state index is 14.5. The summed E-state index contributed by atoms with van der Waals surface area (Å²) in [6.07, 6.45) is 5.73. The molecule has 3 rings (SSSR count). The minimum Gasteiger partial charge on any atom is -0.323 e. The predicted octanol–water partition coefficient (Wildman–Crippen LogP) is 4.10. The minimum absolute atomic E-state index is 0.104. The molecule has 2 aliphatic rings. The fourth-order valence-corrected chi connectivity index (χ4v) is 6.72. The summed E-state index contributed by atoms with van der Waals surface area (Å²) < 4.78 is 55.5. The van der Waals surface area contributed by atoms with Crippen molar-refractivity contribution >= 4 is 27.5 Å². The summed E-state index contributed by atoms with van der Waals surface area (Å²) in [5.74, 6) is -2.57. The van der Waals surface area contributed by atoms with Crippen LogP contribution in [-0.2, 0) is 10.0 Å². The standard InChI is InChI=1S/C22H32ClF2N3O3S/c1-3-14-32(30,31)28-12-10-27(11-13-28)22(8-6-4-5-7-9-22)26(2)21(29)20-18(24)15-17(23)16-19(20)25/h15-16H,3-14H2,1-2H3. The first-order chi connectivity index (χ1) is 15.1. The van der Waals surface area contributed by atoms with Crippen LogP contribution in [0.25, 0.3) is 0 Å². The Morgan fingerprint density at radius 2 is 1.59 bits per heavy atom. The molecule has 1 aromatic carbocycles. The first-order valence-corrected chi connectivity index (χ1v) is 13.3. The summed E-state index contributed by atoms with van der Waals surface area (Å²) in [6.45, 7) is 3.45. The van der Waals surface area contributed by atoms with Crippen molar-refractivity contribution in [3.8, 4) is 0 Å². The lowest BCUT2D eigenvalue weighted by molar-refractivity contribution is -0.0557. The Bertz CT molecular complexity index is 905. The second kappa shape index (κ2) is 10.3. The number of rotatable bonds is 6. The molecule has 180 valence electrons. The Morgan fingerprint density at radius 1 is 1.06 bits per heavy atom. The van der Waals surface area contributed by atoms with Crippen molar-refractivity contribution in [2.24, 2.45) is 0 Å². The smallest absolute Gasteiger partial charge is 0.261 e. The van der Waals surface area contributed by atoms with E-state index in [1.807, 2.05) is 6.92 Å². The van der Waals surface area contributed by atoms with Crippen LogP contribution in [0.15, 0.2) is 12.1 Å². The molecular weight excluding hydrogens is 460 g/mol. The zero-order chi connectivity index (χ0) is 23.5. The molecule has 1 aliphatic heterocycles. The zero-order valence-corrected chi connectivity index (χ0v) is 20.3. The Balaban J connectivity index is 1.89. The molecule has 0 aromatic heterocycles. The van der Waals surface area contributed by atoms with E-state index in [2.05, 4.69) is 4.90 Å². The summed E-state index contributed by atoms with van der Waals surface area (Å²) >= 11 is 5.73. The lowest BCUT2D eigenvalue weighted by atomic mass is 9.94. The van der Waals surface area contributed by atoms with E-state index in [0.717, 1.165) is 37.8 Å². The number of hydrogen-bond donors (Lipinski definition) is 0. The van der Waals surface area contributed by atoms with Gasteiger partial charge in [-0.15, -0.1) is 0 Å². The van der Waals surface area contributed by atoms with Crippen LogP contribution >= 0.6 is 11.6 Å². The Morgan fingerprint density at radius 3 is 2.09 bits per heavy atom. The number of carbonyl (C=O) groups excluding carboxylic acids is 1. The highest BCUT2D eigenvalue weighted by Crippen LogP contribution is 2.37. The van der Waals surface area contributed by atoms with Crippen molar-refractivity contribution in [2.45, 2.75) is 57.5 Å². The normalized spacial score (nSPS) is 20.7. The van der Waals surface area contributed by atoms with Gasteiger partial charge in [0.25, 0.3) is 5.91 Å². The number of halogens is 3. The molecule has 1 saturated heterocycles. The molecule has 0 bridgehead atoms. The van der Waals surface area contributed by atoms with Gasteiger partial charge in [0, 0.05) is 38.2 Å². The van der Waals surface area contributed by atoms with Crippen molar-refractivity contribution in [1.29, 1.82) is 0 Å². The van der Waals surface area contributed by atoms with Crippen LogP contribution in [0, 0.1) is 11.6 Å². The van der Waals surface area contributed by atoms with E-state index in [9.17, 15) is 22.0 Å². The highest BCUT2D eigenvalue weighted by molar-refractivity contribution is 7.89. The van der Waals surface area contributed by atoms with E-state index < -0.39 is 38.8 Å². The maximum absolute atomic E-state index is 14.5. The molecule has 0 spiro atoms. The van der Waals surface area contributed by atoms with Gasteiger partial charge in [-0.2, -0.15) is 4.31 Å². The van der Waals surface area contributed by atoms with E-state index in [-0.39, 0.29) is 10.8 Å². The quantitative estimate of drug-likeness (QED) is 0.562. The third-order valence-corrected chi connectivity index (χ3v) is 9.03. The summed E-state index contributed by atoms with van der Waals surface area (Å²) in [5.41, 5.74) is -1.32. The van der Waals surface area contributed by atoms with Crippen molar-refractivity contribution < 1.29 is 22.0 Å². The van der Waals surface area contributed by atoms with Gasteiger partial charge in [0.1, 0.15) is 17.2 Å². The maximum Gasteiger partial charge on any atom is 0.261 e. The van der Waals surface area contributed by atoms with Gasteiger partial charge in [-0.1, -0.05) is 31.4 Å². The van der Waals surface area contributed by atoms with Gasteiger partial charge in [-0.25, -0.2) is 17.2 Å². The van der Waals surface area contributed by atoms with Crippen LogP contribution in [0.1, 0.15) is 62.2 Å². The average Bonchev–Trinajstić information content (AvgIpc) is 2.99. The summed E-state index contributed by atoms with van der Waals surface area (Å²) in [6, 6.07) is 1.89. The van der Waals surface area contributed by atoms with Crippen molar-refractivity contribution in [2.75, 3.05) is 39.0 Å². The van der Waals surface area contributed by atoms with Gasteiger partial charge < -0.3 is 4.90 Å². The first kappa shape index (κ1) is 25.3. The Hall–Kier alpha value is -1.29. The molecule has 1 amide bonds. The van der Waals surface area contributed by atoms with Gasteiger partial charge in [-0.3, -0.25) is 9.69 Å². The number of hydrogen-bond acceptors (Lipinski definition) is 4. The molecule has 0 atom stereocenters. The van der Waals surface area contributed by atoms with Crippen molar-refractivity contribution in [3.05, 3.63) is 34.4 Å². The van der Waals surface area contributed by atoms with Crippen LogP contribution in [0.4, 0.5) is 8.78 Å². The van der Waals surface area contributed by atoms with E-state index >= 15 is 0 Å². The van der Waals surface area contributed by atoms with Gasteiger partial charge in [0.2, 0.25) is 10.0 Å². The second-order valence-corrected chi connectivity index (χ2v) is 11.2. The predicted molar refractivity (Wildman–Crippen MR) is 121 cm³/mol. The zero-order valence-electron chi connectivity index (χ0n) is 18.7. The van der Waals surface area contributed by atoms with Gasteiger partial charge in [0.05, 0.1) is 11.4 Å². The molecule has 0 unspecified atom stereocenters. The lowest BCUT2D eigenvalue weighted by Gasteiger charge is -2.52. The fraction of sp³-hybridized carbons (Fsp3) is 0.682. The molecule has 1 aromatic rings. The number of nitrogens with zero attached hydrogens (tertiary/aromatic N) is 3. The first-order valence-electron chi connectivity index (χ1n) is 11.3. The van der Waals surface area contributed by atoms with Crippen LogP contribution in [-0.4, -0.2) is 73.1 Å². The Kier molecular flexibility index (Phi) is 8.17. The van der Waals surface area contributed by atoms with E-state index in [4.69, 9.17) is 11.6 Å². The summed E-state index contributed by atoms with van der Waals surface area (Å²) in [7, 11) is -1.70. The molecule has 0 N–H and O–H groups in total. The highest BCUT2D eigenvalue weighted by Gasteiger charge is 2.45. The van der Waals surface area contributed by atoms with Gasteiger partial charge in [-0.05, 0) is 44.2 Å². The topological polar surface area (TPSA) is 60.9 Å². The second-order valence-electron chi connectivity index (χ2n) is 8.71. The summed E-state index contributed by atoms with van der Waals surface area (Å²) in [5, 5.41) is -0.104. The fourth-order valence-electron chi connectivity index (χ4n) is 5.03. The van der Waals surface area contributed by atoms with Crippen LogP contribution in [0.3, 0.4) is 0 Å². The third-order valence-electron chi connectivity index (χ3n) is 6.74. The van der Waals surface area contributed by atoms with Crippen molar-refractivity contribution in [3.63, 3.8) is 0 Å². The molecule has 0 radical (unpaired) electrons. The monoisotopic (exact) mass is 491 g/mol.